The number of methoxy groups -OCH3 is 1. The Morgan fingerprint density at radius 2 is 2.03 bits per heavy atom. The smallest absolute Gasteiger partial charge is 0.224 e. The fraction of sp³-hybridized carbons (Fsp3) is 0.652. The molecule has 7 nitrogen and oxygen atoms in total. The van der Waals surface area contributed by atoms with Crippen LogP contribution in [0, 0.1) is 0 Å². The van der Waals surface area contributed by atoms with Gasteiger partial charge in [-0.2, -0.15) is 0 Å². The molecule has 0 bridgehead atoms. The molecule has 7 heteroatoms. The van der Waals surface area contributed by atoms with Crippen molar-refractivity contribution < 1.29 is 14.3 Å². The second kappa shape index (κ2) is 13.0. The lowest BCUT2D eigenvalue weighted by Gasteiger charge is -2.33. The summed E-state index contributed by atoms with van der Waals surface area (Å²) in [6, 6.07) is 6.43. The van der Waals surface area contributed by atoms with E-state index in [0.717, 1.165) is 56.2 Å². The number of hydrogen-bond acceptors (Lipinski definition) is 4. The van der Waals surface area contributed by atoms with E-state index in [4.69, 9.17) is 9.47 Å². The van der Waals surface area contributed by atoms with Crippen molar-refractivity contribution in [3.05, 3.63) is 23.8 Å². The molecule has 1 aromatic carbocycles. The van der Waals surface area contributed by atoms with Crippen LogP contribution in [0.1, 0.15) is 51.5 Å². The molecule has 1 aliphatic rings. The van der Waals surface area contributed by atoms with Crippen LogP contribution in [-0.4, -0.2) is 63.2 Å². The predicted octanol–water partition coefficient (Wildman–Crippen LogP) is 2.98. The van der Waals surface area contributed by atoms with E-state index in [0.29, 0.717) is 25.6 Å². The molecular formula is C23H38N4O3. The minimum absolute atomic E-state index is 0.231. The van der Waals surface area contributed by atoms with Crippen LogP contribution >= 0.6 is 0 Å². The zero-order valence-electron chi connectivity index (χ0n) is 19.0. The molecule has 1 saturated heterocycles. The van der Waals surface area contributed by atoms with Crippen LogP contribution in [0.25, 0.3) is 0 Å². The highest BCUT2D eigenvalue weighted by Gasteiger charge is 2.22. The average Bonchev–Trinajstić information content (AvgIpc) is 2.76. The van der Waals surface area contributed by atoms with E-state index >= 15 is 0 Å². The van der Waals surface area contributed by atoms with Gasteiger partial charge in [0, 0.05) is 39.1 Å². The summed E-state index contributed by atoms with van der Waals surface area (Å²) >= 11 is 0. The molecule has 168 valence electrons. The number of nitrogens with one attached hydrogen (secondary N) is 2. The van der Waals surface area contributed by atoms with Gasteiger partial charge in [-0.25, -0.2) is 0 Å². The molecule has 2 N–H and O–H groups in total. The lowest BCUT2D eigenvalue weighted by Crippen LogP contribution is -2.44. The van der Waals surface area contributed by atoms with Gasteiger partial charge in [0.15, 0.2) is 17.5 Å². The molecule has 0 aliphatic carbocycles. The molecule has 0 aromatic heterocycles. The third-order valence-electron chi connectivity index (χ3n) is 5.44. The number of likely N-dealkylation sites (tertiary alicyclic amines) is 1. The maximum Gasteiger partial charge on any atom is 0.224 e. The first-order valence-corrected chi connectivity index (χ1v) is 11.1. The monoisotopic (exact) mass is 418 g/mol. The summed E-state index contributed by atoms with van der Waals surface area (Å²) in [6.07, 6.45) is 5.85. The third kappa shape index (κ3) is 7.43. The van der Waals surface area contributed by atoms with Gasteiger partial charge in [-0.1, -0.05) is 6.07 Å². The summed E-state index contributed by atoms with van der Waals surface area (Å²) in [4.78, 5) is 18.7. The Labute approximate surface area is 181 Å². The molecule has 1 atom stereocenters. The van der Waals surface area contributed by atoms with Gasteiger partial charge in [-0.05, 0) is 63.6 Å². The molecule has 0 radical (unpaired) electrons. The van der Waals surface area contributed by atoms with Crippen molar-refractivity contribution >= 4 is 11.9 Å². The van der Waals surface area contributed by atoms with Gasteiger partial charge >= 0.3 is 0 Å². The summed E-state index contributed by atoms with van der Waals surface area (Å²) in [6.45, 7) is 7.01. The number of carbonyl (C=O) groups is 1. The highest BCUT2D eigenvalue weighted by molar-refractivity contribution is 5.81. The minimum atomic E-state index is 0.231. The van der Waals surface area contributed by atoms with Crippen LogP contribution in [0.4, 0.5) is 0 Å². The van der Waals surface area contributed by atoms with Gasteiger partial charge in [-0.3, -0.25) is 9.79 Å². The molecule has 0 saturated carbocycles. The largest absolute Gasteiger partial charge is 0.493 e. The predicted molar refractivity (Wildman–Crippen MR) is 121 cm³/mol. The highest BCUT2D eigenvalue weighted by atomic mass is 16.5. The Morgan fingerprint density at radius 1 is 1.23 bits per heavy atom. The van der Waals surface area contributed by atoms with Crippen LogP contribution in [0.3, 0.4) is 0 Å². The van der Waals surface area contributed by atoms with Crippen molar-refractivity contribution in [2.75, 3.05) is 40.4 Å². The Hall–Kier alpha value is -2.44. The van der Waals surface area contributed by atoms with Crippen LogP contribution in [0.15, 0.2) is 23.2 Å². The molecule has 1 aliphatic heterocycles. The Morgan fingerprint density at radius 3 is 2.73 bits per heavy atom. The Bertz CT molecular complexity index is 693. The van der Waals surface area contributed by atoms with E-state index in [9.17, 15) is 4.79 Å². The number of amides is 1. The van der Waals surface area contributed by atoms with Crippen LogP contribution in [0.2, 0.25) is 0 Å². The van der Waals surface area contributed by atoms with E-state index in [2.05, 4.69) is 28.6 Å². The first-order valence-electron chi connectivity index (χ1n) is 11.1. The summed E-state index contributed by atoms with van der Waals surface area (Å²) in [5.74, 6) is 2.52. The molecule has 1 aromatic rings. The quantitative estimate of drug-likeness (QED) is 0.347. The number of hydrogen-bond donors (Lipinski definition) is 2. The normalized spacial score (nSPS) is 16.9. The first-order chi connectivity index (χ1) is 14.6. The van der Waals surface area contributed by atoms with Gasteiger partial charge < -0.3 is 25.0 Å². The van der Waals surface area contributed by atoms with Crippen molar-refractivity contribution in [1.82, 2.24) is 15.5 Å². The van der Waals surface area contributed by atoms with Crippen LogP contribution in [0.5, 0.6) is 11.5 Å². The van der Waals surface area contributed by atoms with Gasteiger partial charge in [-0.15, -0.1) is 0 Å². The van der Waals surface area contributed by atoms with Gasteiger partial charge in [0.1, 0.15) is 0 Å². The van der Waals surface area contributed by atoms with E-state index in [1.54, 1.807) is 14.2 Å². The molecule has 2 rings (SSSR count). The number of ether oxygens (including phenoxy) is 2. The van der Waals surface area contributed by atoms with Crippen molar-refractivity contribution in [1.29, 1.82) is 0 Å². The fourth-order valence-electron chi connectivity index (χ4n) is 3.76. The standard InChI is InChI=1S/C23H38N4O3/c1-5-30-21-17-19(11-12-20(21)29-4)10-8-14-25-23(24-3)26-15-13-22(28)27-16-7-6-9-18(27)2/h11-12,17-18H,5-10,13-16H2,1-4H3,(H2,24,25,26). The maximum absolute atomic E-state index is 12.4. The molecular weight excluding hydrogens is 380 g/mol. The lowest BCUT2D eigenvalue weighted by molar-refractivity contribution is -0.134. The number of nitrogens with zero attached hydrogens (tertiary/aromatic N) is 2. The summed E-state index contributed by atoms with van der Waals surface area (Å²) in [7, 11) is 3.41. The number of aryl methyl sites for hydroxylation is 1. The van der Waals surface area contributed by atoms with E-state index in [-0.39, 0.29) is 5.91 Å². The molecule has 1 amide bonds. The van der Waals surface area contributed by atoms with Gasteiger partial charge in [0.05, 0.1) is 13.7 Å². The Balaban J connectivity index is 1.68. The number of rotatable bonds is 10. The average molecular weight is 419 g/mol. The summed E-state index contributed by atoms with van der Waals surface area (Å²) in [5, 5.41) is 6.57. The highest BCUT2D eigenvalue weighted by Crippen LogP contribution is 2.28. The van der Waals surface area contributed by atoms with Crippen LogP contribution in [-0.2, 0) is 11.2 Å². The molecule has 1 unspecified atom stereocenters. The zero-order valence-corrected chi connectivity index (χ0v) is 19.0. The fourth-order valence-corrected chi connectivity index (χ4v) is 3.76. The van der Waals surface area contributed by atoms with Gasteiger partial charge in [0.2, 0.25) is 5.91 Å². The minimum Gasteiger partial charge on any atom is -0.493 e. The number of aliphatic imine (C=N–C) groups is 1. The maximum atomic E-state index is 12.4. The molecule has 1 fully saturated rings. The second-order valence-electron chi connectivity index (χ2n) is 7.63. The molecule has 1 heterocycles. The van der Waals surface area contributed by atoms with Crippen molar-refractivity contribution in [3.8, 4) is 11.5 Å². The topological polar surface area (TPSA) is 75.2 Å². The lowest BCUT2D eigenvalue weighted by atomic mass is 10.0. The van der Waals surface area contributed by atoms with Crippen molar-refractivity contribution in [3.63, 3.8) is 0 Å². The van der Waals surface area contributed by atoms with Gasteiger partial charge in [0.25, 0.3) is 0 Å². The number of guanidine groups is 1. The number of piperidine rings is 1. The van der Waals surface area contributed by atoms with E-state index < -0.39 is 0 Å². The zero-order chi connectivity index (χ0) is 21.8. The first kappa shape index (κ1) is 23.8. The number of carbonyl (C=O) groups excluding carboxylic acids is 1. The van der Waals surface area contributed by atoms with E-state index in [1.165, 1.54) is 12.0 Å². The van der Waals surface area contributed by atoms with Crippen LogP contribution < -0.4 is 20.1 Å². The summed E-state index contributed by atoms with van der Waals surface area (Å²) in [5.41, 5.74) is 1.21. The molecule has 30 heavy (non-hydrogen) atoms. The summed E-state index contributed by atoms with van der Waals surface area (Å²) < 4.78 is 11.0. The van der Waals surface area contributed by atoms with E-state index in [1.807, 2.05) is 24.0 Å². The SMILES string of the molecule is CCOc1cc(CCCNC(=NC)NCCC(=O)N2CCCCC2C)ccc1OC. The second-order valence-corrected chi connectivity index (χ2v) is 7.63. The number of benzene rings is 1. The van der Waals surface area contributed by atoms with Crippen molar-refractivity contribution in [2.45, 2.75) is 58.4 Å². The van der Waals surface area contributed by atoms with Crippen molar-refractivity contribution in [2.24, 2.45) is 4.99 Å². The third-order valence-corrected chi connectivity index (χ3v) is 5.44. The molecule has 0 spiro atoms. The Kier molecular flexibility index (Phi) is 10.3.